The molecule has 0 aliphatic carbocycles. The summed E-state index contributed by atoms with van der Waals surface area (Å²) in [5, 5.41) is 13.7. The van der Waals surface area contributed by atoms with Crippen LogP contribution in [0.2, 0.25) is 0 Å². The van der Waals surface area contributed by atoms with Crippen LogP contribution >= 0.6 is 0 Å². The fourth-order valence-corrected chi connectivity index (χ4v) is 2.70. The minimum absolute atomic E-state index is 0.137. The molecule has 3 heteroatoms. The molecule has 0 aromatic heterocycles. The SMILES string of the molecule is CCCNC1CC(C(O)CC)CN(C(C)C)C1. The number of piperidine rings is 1. The van der Waals surface area contributed by atoms with Crippen LogP contribution in [0.15, 0.2) is 0 Å². The van der Waals surface area contributed by atoms with E-state index in [1.807, 2.05) is 0 Å². The van der Waals surface area contributed by atoms with Crippen molar-refractivity contribution in [3.05, 3.63) is 0 Å². The van der Waals surface area contributed by atoms with Crippen LogP contribution in [0, 0.1) is 5.92 Å². The maximum absolute atomic E-state index is 10.1. The Morgan fingerprint density at radius 2 is 2.00 bits per heavy atom. The van der Waals surface area contributed by atoms with E-state index in [4.69, 9.17) is 0 Å². The molecule has 1 heterocycles. The van der Waals surface area contributed by atoms with Gasteiger partial charge in [0.05, 0.1) is 6.10 Å². The molecule has 0 spiro atoms. The van der Waals surface area contributed by atoms with Gasteiger partial charge in [-0.25, -0.2) is 0 Å². The van der Waals surface area contributed by atoms with E-state index in [2.05, 4.69) is 37.9 Å². The molecule has 1 aliphatic rings. The maximum atomic E-state index is 10.1. The van der Waals surface area contributed by atoms with Crippen LogP contribution in [-0.4, -0.2) is 47.8 Å². The zero-order valence-electron chi connectivity index (χ0n) is 11.9. The molecule has 2 N–H and O–H groups in total. The second kappa shape index (κ2) is 7.34. The summed E-state index contributed by atoms with van der Waals surface area (Å²) >= 11 is 0. The lowest BCUT2D eigenvalue weighted by Gasteiger charge is -2.41. The number of likely N-dealkylation sites (tertiary alicyclic amines) is 1. The van der Waals surface area contributed by atoms with E-state index >= 15 is 0 Å². The molecule has 3 unspecified atom stereocenters. The van der Waals surface area contributed by atoms with Gasteiger partial charge < -0.3 is 10.4 Å². The quantitative estimate of drug-likeness (QED) is 0.746. The molecule has 3 atom stereocenters. The van der Waals surface area contributed by atoms with Crippen molar-refractivity contribution in [2.45, 2.75) is 65.1 Å². The number of aliphatic hydroxyl groups is 1. The molecule has 0 saturated carbocycles. The first kappa shape index (κ1) is 14.9. The van der Waals surface area contributed by atoms with E-state index in [0.29, 0.717) is 18.0 Å². The van der Waals surface area contributed by atoms with E-state index in [1.165, 1.54) is 6.42 Å². The molecule has 0 aromatic carbocycles. The Hall–Kier alpha value is -0.120. The van der Waals surface area contributed by atoms with Gasteiger partial charge in [-0.15, -0.1) is 0 Å². The van der Waals surface area contributed by atoms with Crippen LogP contribution in [0.4, 0.5) is 0 Å². The monoisotopic (exact) mass is 242 g/mol. The van der Waals surface area contributed by atoms with Gasteiger partial charge in [-0.05, 0) is 45.6 Å². The predicted molar refractivity (Wildman–Crippen MR) is 73.2 cm³/mol. The predicted octanol–water partition coefficient (Wildman–Crippen LogP) is 1.86. The van der Waals surface area contributed by atoms with Crippen molar-refractivity contribution < 1.29 is 5.11 Å². The lowest BCUT2D eigenvalue weighted by Crippen LogP contribution is -2.53. The Kier molecular flexibility index (Phi) is 6.45. The lowest BCUT2D eigenvalue weighted by molar-refractivity contribution is 0.0247. The van der Waals surface area contributed by atoms with Crippen molar-refractivity contribution in [1.29, 1.82) is 0 Å². The summed E-state index contributed by atoms with van der Waals surface area (Å²) in [4.78, 5) is 2.50. The molecule has 0 bridgehead atoms. The summed E-state index contributed by atoms with van der Waals surface area (Å²) in [5.41, 5.74) is 0. The van der Waals surface area contributed by atoms with Crippen LogP contribution in [0.3, 0.4) is 0 Å². The molecule has 0 amide bonds. The average Bonchev–Trinajstić information content (AvgIpc) is 2.34. The number of hydrogen-bond acceptors (Lipinski definition) is 3. The van der Waals surface area contributed by atoms with Gasteiger partial charge in [0.25, 0.3) is 0 Å². The van der Waals surface area contributed by atoms with Crippen molar-refractivity contribution in [2.75, 3.05) is 19.6 Å². The third kappa shape index (κ3) is 4.57. The Morgan fingerprint density at radius 1 is 1.29 bits per heavy atom. The van der Waals surface area contributed by atoms with Crippen LogP contribution in [0.1, 0.15) is 47.0 Å². The number of aliphatic hydroxyl groups excluding tert-OH is 1. The van der Waals surface area contributed by atoms with E-state index in [0.717, 1.165) is 32.5 Å². The van der Waals surface area contributed by atoms with Crippen molar-refractivity contribution in [3.63, 3.8) is 0 Å². The molecule has 1 saturated heterocycles. The number of nitrogens with zero attached hydrogens (tertiary/aromatic N) is 1. The summed E-state index contributed by atoms with van der Waals surface area (Å²) in [6, 6.07) is 1.13. The third-order valence-electron chi connectivity index (χ3n) is 3.89. The summed E-state index contributed by atoms with van der Waals surface area (Å²) in [6.45, 7) is 12.0. The van der Waals surface area contributed by atoms with Gasteiger partial charge in [0.15, 0.2) is 0 Å². The molecule has 1 fully saturated rings. The summed E-state index contributed by atoms with van der Waals surface area (Å²) in [7, 11) is 0. The van der Waals surface area contributed by atoms with E-state index in [-0.39, 0.29) is 6.10 Å². The second-order valence-electron chi connectivity index (χ2n) is 5.67. The summed E-state index contributed by atoms with van der Waals surface area (Å²) < 4.78 is 0. The van der Waals surface area contributed by atoms with Crippen molar-refractivity contribution in [3.8, 4) is 0 Å². The minimum Gasteiger partial charge on any atom is -0.393 e. The van der Waals surface area contributed by atoms with Crippen LogP contribution < -0.4 is 5.32 Å². The van der Waals surface area contributed by atoms with Crippen LogP contribution in [-0.2, 0) is 0 Å². The number of nitrogens with one attached hydrogen (secondary N) is 1. The van der Waals surface area contributed by atoms with E-state index in [1.54, 1.807) is 0 Å². The molecule has 102 valence electrons. The fourth-order valence-electron chi connectivity index (χ4n) is 2.70. The molecule has 3 nitrogen and oxygen atoms in total. The zero-order chi connectivity index (χ0) is 12.8. The summed E-state index contributed by atoms with van der Waals surface area (Å²) in [5.74, 6) is 0.436. The molecule has 17 heavy (non-hydrogen) atoms. The van der Waals surface area contributed by atoms with Crippen LogP contribution in [0.25, 0.3) is 0 Å². The lowest BCUT2D eigenvalue weighted by atomic mass is 9.87. The van der Waals surface area contributed by atoms with Gasteiger partial charge in [0, 0.05) is 25.2 Å². The summed E-state index contributed by atoms with van der Waals surface area (Å²) in [6.07, 6.45) is 3.04. The largest absolute Gasteiger partial charge is 0.393 e. The van der Waals surface area contributed by atoms with Gasteiger partial charge in [-0.3, -0.25) is 4.90 Å². The highest BCUT2D eigenvalue weighted by Crippen LogP contribution is 2.23. The molecule has 1 aliphatic heterocycles. The first-order valence-corrected chi connectivity index (χ1v) is 7.23. The maximum Gasteiger partial charge on any atom is 0.0578 e. The van der Waals surface area contributed by atoms with Gasteiger partial charge in [0.2, 0.25) is 0 Å². The Morgan fingerprint density at radius 3 is 2.53 bits per heavy atom. The fraction of sp³-hybridized carbons (Fsp3) is 1.00. The van der Waals surface area contributed by atoms with Crippen LogP contribution in [0.5, 0.6) is 0 Å². The standard InChI is InChI=1S/C14H30N2O/c1-5-7-15-13-8-12(14(17)6-2)9-16(10-13)11(3)4/h11-15,17H,5-10H2,1-4H3. The highest BCUT2D eigenvalue weighted by molar-refractivity contribution is 4.87. The average molecular weight is 242 g/mol. The van der Waals surface area contributed by atoms with Gasteiger partial charge in [-0.1, -0.05) is 13.8 Å². The number of hydrogen-bond donors (Lipinski definition) is 2. The molecular weight excluding hydrogens is 212 g/mol. The Balaban J connectivity index is 2.55. The van der Waals surface area contributed by atoms with Crippen molar-refractivity contribution in [1.82, 2.24) is 10.2 Å². The third-order valence-corrected chi connectivity index (χ3v) is 3.89. The first-order chi connectivity index (χ1) is 8.08. The van der Waals surface area contributed by atoms with Crippen molar-refractivity contribution in [2.24, 2.45) is 5.92 Å². The molecule has 0 aromatic rings. The molecule has 1 rings (SSSR count). The smallest absolute Gasteiger partial charge is 0.0578 e. The van der Waals surface area contributed by atoms with Crippen molar-refractivity contribution >= 4 is 0 Å². The van der Waals surface area contributed by atoms with Gasteiger partial charge >= 0.3 is 0 Å². The normalized spacial score (nSPS) is 28.6. The van der Waals surface area contributed by atoms with E-state index < -0.39 is 0 Å². The second-order valence-corrected chi connectivity index (χ2v) is 5.67. The van der Waals surface area contributed by atoms with Gasteiger partial charge in [0.1, 0.15) is 0 Å². The first-order valence-electron chi connectivity index (χ1n) is 7.23. The minimum atomic E-state index is -0.137. The van der Waals surface area contributed by atoms with E-state index in [9.17, 15) is 5.11 Å². The highest BCUT2D eigenvalue weighted by Gasteiger charge is 2.31. The highest BCUT2D eigenvalue weighted by atomic mass is 16.3. The Bertz CT molecular complexity index is 208. The molecular formula is C14H30N2O. The Labute approximate surface area is 107 Å². The number of rotatable bonds is 6. The topological polar surface area (TPSA) is 35.5 Å². The van der Waals surface area contributed by atoms with Gasteiger partial charge in [-0.2, -0.15) is 0 Å². The molecule has 0 radical (unpaired) electrons. The zero-order valence-corrected chi connectivity index (χ0v) is 11.9.